The molecular formula is C24H26Cl2N4O2. The summed E-state index contributed by atoms with van der Waals surface area (Å²) in [6.45, 7) is 7.90. The highest BCUT2D eigenvalue weighted by atomic mass is 35.5. The Hall–Kier alpha value is -2.83. The topological polar surface area (TPSA) is 75.5 Å². The SMILES string of the molecule is CC(C)[C@H](NC(=O)c1ccc(Cl)cc1Cl)C(=O)N/N=C\c1cn(C(C)C)c2ccccc12. The van der Waals surface area contributed by atoms with Gasteiger partial charge >= 0.3 is 0 Å². The van der Waals surface area contributed by atoms with Gasteiger partial charge in [-0.3, -0.25) is 9.59 Å². The summed E-state index contributed by atoms with van der Waals surface area (Å²) in [5, 5.41) is 8.57. The third-order valence-corrected chi connectivity index (χ3v) is 5.67. The number of nitrogens with one attached hydrogen (secondary N) is 2. The summed E-state index contributed by atoms with van der Waals surface area (Å²) in [5.41, 5.74) is 4.79. The molecule has 2 aromatic carbocycles. The molecular weight excluding hydrogens is 447 g/mol. The maximum absolute atomic E-state index is 12.8. The molecule has 0 saturated carbocycles. The van der Waals surface area contributed by atoms with Crippen molar-refractivity contribution < 1.29 is 9.59 Å². The van der Waals surface area contributed by atoms with Crippen LogP contribution >= 0.6 is 23.2 Å². The van der Waals surface area contributed by atoms with Crippen LogP contribution in [-0.4, -0.2) is 28.6 Å². The zero-order valence-corrected chi connectivity index (χ0v) is 19.9. The van der Waals surface area contributed by atoms with E-state index >= 15 is 0 Å². The quantitative estimate of drug-likeness (QED) is 0.355. The molecule has 2 amide bonds. The van der Waals surface area contributed by atoms with Crippen LogP contribution in [0.1, 0.15) is 49.7 Å². The first kappa shape index (κ1) is 23.8. The fourth-order valence-electron chi connectivity index (χ4n) is 3.42. The molecule has 0 spiro atoms. The zero-order chi connectivity index (χ0) is 23.4. The molecule has 1 aromatic heterocycles. The Kier molecular flexibility index (Phi) is 7.59. The van der Waals surface area contributed by atoms with E-state index in [1.165, 1.54) is 12.1 Å². The predicted molar refractivity (Wildman–Crippen MR) is 131 cm³/mol. The van der Waals surface area contributed by atoms with Crippen molar-refractivity contribution in [2.45, 2.75) is 39.8 Å². The number of para-hydroxylation sites is 1. The minimum Gasteiger partial charge on any atom is -0.344 e. The van der Waals surface area contributed by atoms with Gasteiger partial charge in [-0.15, -0.1) is 0 Å². The molecule has 3 rings (SSSR count). The second-order valence-electron chi connectivity index (χ2n) is 8.16. The molecule has 0 fully saturated rings. The molecule has 3 aromatic rings. The van der Waals surface area contributed by atoms with Crippen LogP contribution < -0.4 is 10.7 Å². The van der Waals surface area contributed by atoms with Crippen molar-refractivity contribution in [3.05, 3.63) is 69.8 Å². The number of hydrogen-bond donors (Lipinski definition) is 2. The molecule has 0 aliphatic rings. The van der Waals surface area contributed by atoms with E-state index in [-0.39, 0.29) is 22.5 Å². The monoisotopic (exact) mass is 472 g/mol. The van der Waals surface area contributed by atoms with E-state index in [1.54, 1.807) is 12.3 Å². The molecule has 6 nitrogen and oxygen atoms in total. The second kappa shape index (κ2) is 10.2. The van der Waals surface area contributed by atoms with Crippen LogP contribution in [-0.2, 0) is 4.79 Å². The molecule has 1 atom stereocenters. The maximum atomic E-state index is 12.8. The number of benzene rings is 2. The van der Waals surface area contributed by atoms with E-state index in [0.29, 0.717) is 5.02 Å². The average molecular weight is 473 g/mol. The number of hydrogen-bond acceptors (Lipinski definition) is 3. The van der Waals surface area contributed by atoms with Crippen LogP contribution in [0.25, 0.3) is 10.9 Å². The Bertz CT molecular complexity index is 1170. The predicted octanol–water partition coefficient (Wildman–Crippen LogP) is 5.43. The van der Waals surface area contributed by atoms with Gasteiger partial charge in [-0.2, -0.15) is 5.10 Å². The lowest BCUT2D eigenvalue weighted by Crippen LogP contribution is -2.48. The molecule has 2 N–H and O–H groups in total. The molecule has 168 valence electrons. The highest BCUT2D eigenvalue weighted by molar-refractivity contribution is 6.36. The van der Waals surface area contributed by atoms with Gasteiger partial charge in [0.25, 0.3) is 11.8 Å². The van der Waals surface area contributed by atoms with Crippen LogP contribution in [0.15, 0.2) is 53.8 Å². The van der Waals surface area contributed by atoms with Crippen LogP contribution in [0, 0.1) is 5.92 Å². The number of nitrogens with zero attached hydrogens (tertiary/aromatic N) is 2. The summed E-state index contributed by atoms with van der Waals surface area (Å²) in [6, 6.07) is 12.1. The molecule has 1 heterocycles. The van der Waals surface area contributed by atoms with Crippen LogP contribution in [0.5, 0.6) is 0 Å². The summed E-state index contributed by atoms with van der Waals surface area (Å²) in [4.78, 5) is 25.4. The largest absolute Gasteiger partial charge is 0.344 e. The van der Waals surface area contributed by atoms with Crippen molar-refractivity contribution in [2.24, 2.45) is 11.0 Å². The molecule has 8 heteroatoms. The highest BCUT2D eigenvalue weighted by Gasteiger charge is 2.25. The van der Waals surface area contributed by atoms with Crippen molar-refractivity contribution in [2.75, 3.05) is 0 Å². The first-order chi connectivity index (χ1) is 15.2. The number of aromatic nitrogens is 1. The fraction of sp³-hybridized carbons (Fsp3) is 0.292. The Morgan fingerprint density at radius 2 is 1.78 bits per heavy atom. The summed E-state index contributed by atoms with van der Waals surface area (Å²) in [7, 11) is 0. The van der Waals surface area contributed by atoms with E-state index < -0.39 is 17.9 Å². The van der Waals surface area contributed by atoms with Crippen LogP contribution in [0.2, 0.25) is 10.0 Å². The summed E-state index contributed by atoms with van der Waals surface area (Å²) in [6.07, 6.45) is 3.63. The molecule has 32 heavy (non-hydrogen) atoms. The number of halogens is 2. The van der Waals surface area contributed by atoms with E-state index in [9.17, 15) is 9.59 Å². The van der Waals surface area contributed by atoms with Crippen molar-refractivity contribution in [3.63, 3.8) is 0 Å². The summed E-state index contributed by atoms with van der Waals surface area (Å²) in [5.74, 6) is -1.03. The second-order valence-corrected chi connectivity index (χ2v) is 9.00. The number of rotatable bonds is 7. The molecule has 0 saturated heterocycles. The first-order valence-corrected chi connectivity index (χ1v) is 11.1. The number of carbonyl (C=O) groups excluding carboxylic acids is 2. The minimum atomic E-state index is -0.789. The first-order valence-electron chi connectivity index (χ1n) is 10.4. The third kappa shape index (κ3) is 5.31. The van der Waals surface area contributed by atoms with Gasteiger partial charge < -0.3 is 9.88 Å². The number of hydrazone groups is 1. The van der Waals surface area contributed by atoms with Gasteiger partial charge in [0.2, 0.25) is 0 Å². The molecule has 0 aliphatic heterocycles. The lowest BCUT2D eigenvalue weighted by atomic mass is 10.0. The van der Waals surface area contributed by atoms with E-state index in [4.69, 9.17) is 23.2 Å². The molecule has 0 bridgehead atoms. The van der Waals surface area contributed by atoms with Crippen LogP contribution in [0.3, 0.4) is 0 Å². The van der Waals surface area contributed by atoms with E-state index in [1.807, 2.05) is 38.2 Å². The maximum Gasteiger partial charge on any atom is 0.262 e. The Morgan fingerprint density at radius 3 is 2.44 bits per heavy atom. The number of amides is 2. The van der Waals surface area contributed by atoms with Crippen molar-refractivity contribution in [1.29, 1.82) is 0 Å². The number of fused-ring (bicyclic) bond motifs is 1. The van der Waals surface area contributed by atoms with Gasteiger partial charge in [-0.1, -0.05) is 55.2 Å². The van der Waals surface area contributed by atoms with E-state index in [0.717, 1.165) is 16.5 Å². The van der Waals surface area contributed by atoms with Gasteiger partial charge in [0, 0.05) is 33.7 Å². The lowest BCUT2D eigenvalue weighted by Gasteiger charge is -2.20. The van der Waals surface area contributed by atoms with Gasteiger partial charge in [-0.25, -0.2) is 5.43 Å². The van der Waals surface area contributed by atoms with Crippen LogP contribution in [0.4, 0.5) is 0 Å². The van der Waals surface area contributed by atoms with Crippen molar-refractivity contribution in [3.8, 4) is 0 Å². The normalized spacial score (nSPS) is 12.6. The average Bonchev–Trinajstić information content (AvgIpc) is 3.10. The van der Waals surface area contributed by atoms with Gasteiger partial charge in [0.1, 0.15) is 6.04 Å². The minimum absolute atomic E-state index is 0.164. The molecule has 0 aliphatic carbocycles. The standard InChI is InChI=1S/C24H26Cl2N4O2/c1-14(2)22(28-23(31)19-10-9-17(25)11-20(19)26)24(32)29-27-12-16-13-30(15(3)4)21-8-6-5-7-18(16)21/h5-15,22H,1-4H3,(H,28,31)(H,29,32)/b27-12-/t22-/m0/s1. The Labute approximate surface area is 197 Å². The third-order valence-electron chi connectivity index (χ3n) is 5.12. The van der Waals surface area contributed by atoms with Gasteiger partial charge in [-0.05, 0) is 44.0 Å². The Morgan fingerprint density at radius 1 is 1.06 bits per heavy atom. The fourth-order valence-corrected chi connectivity index (χ4v) is 3.92. The number of carbonyl (C=O) groups is 2. The Balaban J connectivity index is 1.74. The summed E-state index contributed by atoms with van der Waals surface area (Å²) < 4.78 is 2.16. The zero-order valence-electron chi connectivity index (χ0n) is 18.4. The van der Waals surface area contributed by atoms with Crippen molar-refractivity contribution in [1.82, 2.24) is 15.3 Å². The summed E-state index contributed by atoms with van der Waals surface area (Å²) >= 11 is 12.0. The molecule has 0 unspecified atom stereocenters. The van der Waals surface area contributed by atoms with Crippen molar-refractivity contribution >= 4 is 52.1 Å². The van der Waals surface area contributed by atoms with E-state index in [2.05, 4.69) is 40.3 Å². The smallest absolute Gasteiger partial charge is 0.262 e. The van der Waals surface area contributed by atoms with Gasteiger partial charge in [0.05, 0.1) is 16.8 Å². The highest BCUT2D eigenvalue weighted by Crippen LogP contribution is 2.23. The van der Waals surface area contributed by atoms with Gasteiger partial charge in [0.15, 0.2) is 0 Å². The molecule has 0 radical (unpaired) electrons. The lowest BCUT2D eigenvalue weighted by molar-refractivity contribution is -0.123.